The number of hydrogen-bond acceptors (Lipinski definition) is 11. The molecule has 4 aliphatic rings. The number of esters is 2. The van der Waals surface area contributed by atoms with Crippen LogP contribution in [0.2, 0.25) is 0 Å². The number of ether oxygens (including phenoxy) is 4. The van der Waals surface area contributed by atoms with E-state index in [9.17, 15) is 29.7 Å². The van der Waals surface area contributed by atoms with Gasteiger partial charge in [0.25, 0.3) is 0 Å². The van der Waals surface area contributed by atoms with Gasteiger partial charge >= 0.3 is 11.9 Å². The first-order valence-electron chi connectivity index (χ1n) is 14.5. The number of Topliss-reactive ketones (excluding diaryl/α,β-unsaturated/α-hetero) is 1. The molecule has 240 valence electrons. The molecule has 0 bridgehead atoms. The molecule has 0 aromatic carbocycles. The van der Waals surface area contributed by atoms with E-state index in [1.807, 2.05) is 32.6 Å². The van der Waals surface area contributed by atoms with Crippen molar-refractivity contribution in [2.75, 3.05) is 26.2 Å². The Hall–Kier alpha value is -1.60. The molecule has 2 aliphatic carbocycles. The standard InChI is InChI=1S/C30H47NO10.ClH/c1-9-27(6)12-20(33)30(37)28(7)19(32)10-11-26(4,5)24(28)23(36)25(29(30,8)41-27)40-22(35)16-38-21(34)15-31-13-17(2)39-18(3)14-31;/h9,17-19,23-25,32,36-37H,1,10-16H2,2-8H3;1H/t17?,18?,19-,23-,24-,25-,27-,28-,29+,30-;/m0./s1. The second-order valence-corrected chi connectivity index (χ2v) is 13.9. The second kappa shape index (κ2) is 11.7. The molecule has 4 rings (SSSR count). The van der Waals surface area contributed by atoms with Crippen LogP contribution in [0.25, 0.3) is 0 Å². The van der Waals surface area contributed by atoms with E-state index in [1.165, 1.54) is 13.0 Å². The van der Waals surface area contributed by atoms with Crippen LogP contribution >= 0.6 is 12.4 Å². The number of carbonyl (C=O) groups excluding carboxylic acids is 3. The Morgan fingerprint density at radius 2 is 1.69 bits per heavy atom. The highest BCUT2D eigenvalue weighted by molar-refractivity contribution is 5.92. The molecule has 2 aliphatic heterocycles. The minimum Gasteiger partial charge on any atom is -0.454 e. The summed E-state index contributed by atoms with van der Waals surface area (Å²) in [6.45, 7) is 16.4. The van der Waals surface area contributed by atoms with E-state index in [4.69, 9.17) is 18.9 Å². The van der Waals surface area contributed by atoms with Crippen molar-refractivity contribution < 1.29 is 48.7 Å². The quantitative estimate of drug-likeness (QED) is 0.294. The second-order valence-electron chi connectivity index (χ2n) is 13.9. The predicted molar refractivity (Wildman–Crippen MR) is 154 cm³/mol. The molecule has 0 spiro atoms. The highest BCUT2D eigenvalue weighted by Crippen LogP contribution is 2.67. The van der Waals surface area contributed by atoms with Crippen molar-refractivity contribution >= 4 is 30.1 Å². The van der Waals surface area contributed by atoms with Gasteiger partial charge in [-0.25, -0.2) is 4.79 Å². The highest BCUT2D eigenvalue weighted by Gasteiger charge is 2.81. The SMILES string of the molecule is C=C[C@@]1(C)CC(=O)[C@]2(O)[C@@]3(C)[C@@H](O)CCC(C)(C)[C@@H]3[C@H](O)[C@H](OC(=O)COC(=O)CN3CC(C)OC(C)C3)[C@@]2(C)O1.Cl. The zero-order valence-corrected chi connectivity index (χ0v) is 26.6. The third-order valence-corrected chi connectivity index (χ3v) is 10.2. The number of hydrogen-bond donors (Lipinski definition) is 3. The summed E-state index contributed by atoms with van der Waals surface area (Å²) in [5, 5.41) is 35.7. The molecule has 2 saturated carbocycles. The normalized spacial score (nSPS) is 45.0. The first kappa shape index (κ1) is 34.9. The lowest BCUT2D eigenvalue weighted by Crippen LogP contribution is -2.86. The molecule has 0 aromatic heterocycles. The van der Waals surface area contributed by atoms with Crippen LogP contribution in [-0.4, -0.2) is 112 Å². The Labute approximate surface area is 254 Å². The molecule has 2 unspecified atom stereocenters. The van der Waals surface area contributed by atoms with Gasteiger partial charge in [-0.05, 0) is 46.0 Å². The van der Waals surface area contributed by atoms with E-state index in [0.29, 0.717) is 25.9 Å². The Morgan fingerprint density at radius 3 is 2.26 bits per heavy atom. The van der Waals surface area contributed by atoms with Gasteiger partial charge in [0, 0.05) is 30.8 Å². The van der Waals surface area contributed by atoms with Crippen LogP contribution in [0.3, 0.4) is 0 Å². The molecular formula is C30H48ClNO10. The van der Waals surface area contributed by atoms with Gasteiger partial charge in [0.2, 0.25) is 0 Å². The molecule has 0 amide bonds. The van der Waals surface area contributed by atoms with E-state index >= 15 is 0 Å². The zero-order chi connectivity index (χ0) is 30.8. The molecule has 11 nitrogen and oxygen atoms in total. The first-order chi connectivity index (χ1) is 18.8. The minimum absolute atomic E-state index is 0. The summed E-state index contributed by atoms with van der Waals surface area (Å²) in [6.07, 6.45) is -2.14. The molecule has 2 heterocycles. The number of fused-ring (bicyclic) bond motifs is 3. The third kappa shape index (κ3) is 5.44. The summed E-state index contributed by atoms with van der Waals surface area (Å²) < 4.78 is 23.0. The van der Waals surface area contributed by atoms with Crippen LogP contribution in [0, 0.1) is 16.7 Å². The number of halogens is 1. The van der Waals surface area contributed by atoms with Crippen LogP contribution in [0.1, 0.15) is 67.7 Å². The summed E-state index contributed by atoms with van der Waals surface area (Å²) in [6, 6.07) is 0. The number of nitrogens with zero attached hydrogens (tertiary/aromatic N) is 1. The molecule has 4 fully saturated rings. The van der Waals surface area contributed by atoms with Gasteiger partial charge in [-0.3, -0.25) is 14.5 Å². The van der Waals surface area contributed by atoms with Gasteiger partial charge in [-0.2, -0.15) is 0 Å². The molecule has 42 heavy (non-hydrogen) atoms. The Morgan fingerprint density at radius 1 is 1.10 bits per heavy atom. The van der Waals surface area contributed by atoms with Crippen molar-refractivity contribution in [3.63, 3.8) is 0 Å². The maximum absolute atomic E-state index is 13.9. The van der Waals surface area contributed by atoms with Crippen molar-refractivity contribution in [3.8, 4) is 0 Å². The van der Waals surface area contributed by atoms with Crippen LogP contribution < -0.4 is 0 Å². The van der Waals surface area contributed by atoms with Gasteiger partial charge in [0.15, 0.2) is 24.1 Å². The maximum atomic E-state index is 13.9. The van der Waals surface area contributed by atoms with Gasteiger partial charge in [0.1, 0.15) is 5.60 Å². The van der Waals surface area contributed by atoms with Crippen LogP contribution in [-0.2, 0) is 33.3 Å². The lowest BCUT2D eigenvalue weighted by Gasteiger charge is -2.71. The minimum atomic E-state index is -2.32. The van der Waals surface area contributed by atoms with Crippen LogP contribution in [0.4, 0.5) is 0 Å². The lowest BCUT2D eigenvalue weighted by atomic mass is 9.40. The first-order valence-corrected chi connectivity index (χ1v) is 14.5. The van der Waals surface area contributed by atoms with Crippen LogP contribution in [0.15, 0.2) is 12.7 Å². The predicted octanol–water partition coefficient (Wildman–Crippen LogP) is 1.57. The fourth-order valence-corrected chi connectivity index (χ4v) is 8.44. The number of rotatable bonds is 6. The van der Waals surface area contributed by atoms with E-state index in [-0.39, 0.29) is 37.6 Å². The molecule has 3 N–H and O–H groups in total. The largest absolute Gasteiger partial charge is 0.454 e. The van der Waals surface area contributed by atoms with E-state index in [1.54, 1.807) is 13.8 Å². The monoisotopic (exact) mass is 617 g/mol. The lowest BCUT2D eigenvalue weighted by molar-refractivity contribution is -0.370. The summed E-state index contributed by atoms with van der Waals surface area (Å²) in [7, 11) is 0. The topological polar surface area (TPSA) is 152 Å². The Balaban J connectivity index is 0.00000484. The molecule has 0 radical (unpaired) electrons. The third-order valence-electron chi connectivity index (χ3n) is 10.2. The van der Waals surface area contributed by atoms with E-state index < -0.39 is 76.2 Å². The smallest absolute Gasteiger partial charge is 0.344 e. The Bertz CT molecular complexity index is 1080. The van der Waals surface area contributed by atoms with Crippen LogP contribution in [0.5, 0.6) is 0 Å². The fourth-order valence-electron chi connectivity index (χ4n) is 8.44. The van der Waals surface area contributed by atoms with Crippen molar-refractivity contribution in [1.82, 2.24) is 4.90 Å². The maximum Gasteiger partial charge on any atom is 0.344 e. The van der Waals surface area contributed by atoms with Gasteiger partial charge in [-0.15, -0.1) is 19.0 Å². The number of aliphatic hydroxyl groups is 3. The van der Waals surface area contributed by atoms with Gasteiger partial charge in [0.05, 0.1) is 36.6 Å². The van der Waals surface area contributed by atoms with E-state index in [0.717, 1.165) is 0 Å². The van der Waals surface area contributed by atoms with Crippen molar-refractivity contribution in [2.24, 2.45) is 16.7 Å². The molecular weight excluding hydrogens is 570 g/mol. The van der Waals surface area contributed by atoms with Crippen molar-refractivity contribution in [3.05, 3.63) is 12.7 Å². The molecule has 0 aromatic rings. The van der Waals surface area contributed by atoms with Crippen molar-refractivity contribution in [1.29, 1.82) is 0 Å². The summed E-state index contributed by atoms with van der Waals surface area (Å²) in [5.41, 5.74) is -7.70. The number of morpholine rings is 1. The summed E-state index contributed by atoms with van der Waals surface area (Å²) >= 11 is 0. The number of aliphatic hydroxyl groups excluding tert-OH is 2. The molecule has 10 atom stereocenters. The van der Waals surface area contributed by atoms with Gasteiger partial charge in [-0.1, -0.05) is 26.8 Å². The Kier molecular flexibility index (Phi) is 9.74. The number of carbonyl (C=O) groups is 3. The van der Waals surface area contributed by atoms with Gasteiger partial charge < -0.3 is 34.3 Å². The average Bonchev–Trinajstić information content (AvgIpc) is 2.85. The number of ketones is 1. The van der Waals surface area contributed by atoms with E-state index in [2.05, 4.69) is 6.58 Å². The summed E-state index contributed by atoms with van der Waals surface area (Å²) in [4.78, 5) is 41.5. The average molecular weight is 618 g/mol. The highest BCUT2D eigenvalue weighted by atomic mass is 35.5. The fraction of sp³-hybridized carbons (Fsp3) is 0.833. The molecule has 12 heteroatoms. The van der Waals surface area contributed by atoms with Crippen molar-refractivity contribution in [2.45, 2.75) is 115 Å². The summed E-state index contributed by atoms with van der Waals surface area (Å²) in [5.74, 6) is -3.02. The molecule has 2 saturated heterocycles. The zero-order valence-electron chi connectivity index (χ0n) is 25.8.